The molecule has 0 saturated carbocycles. The molecule has 2 rings (SSSR count). The minimum Gasteiger partial charge on any atom is -0.478 e. The molecule has 0 aliphatic carbocycles. The summed E-state index contributed by atoms with van der Waals surface area (Å²) in [6.45, 7) is 3.45. The highest BCUT2D eigenvalue weighted by Gasteiger charge is 2.33. The summed E-state index contributed by atoms with van der Waals surface area (Å²) in [6.07, 6.45) is 0.310. The van der Waals surface area contributed by atoms with Crippen molar-refractivity contribution in [1.82, 2.24) is 0 Å². The highest BCUT2D eigenvalue weighted by atomic mass is 32.2. The number of nitrogens with one attached hydrogen (secondary N) is 1. The summed E-state index contributed by atoms with van der Waals surface area (Å²) in [7, 11) is -3.13. The molecule has 7 heteroatoms. The molecule has 1 saturated heterocycles. The number of hydrogen-bond donors (Lipinski definition) is 2. The summed E-state index contributed by atoms with van der Waals surface area (Å²) in [5.74, 6) is -2.12. The molecule has 6 nitrogen and oxygen atoms in total. The number of carbonyl (C=O) groups is 2. The van der Waals surface area contributed by atoms with Crippen molar-refractivity contribution >= 4 is 27.4 Å². The molecule has 21 heavy (non-hydrogen) atoms. The predicted molar refractivity (Wildman–Crippen MR) is 78.3 cm³/mol. The largest absolute Gasteiger partial charge is 0.478 e. The number of carboxylic acid groups (broad SMARTS) is 1. The molecule has 1 aromatic carbocycles. The molecule has 1 heterocycles. The van der Waals surface area contributed by atoms with Crippen LogP contribution in [-0.2, 0) is 14.6 Å². The standard InChI is InChI=1S/C14H17NO5S/c1-8-5-9(2)12(6-11(8)14(17)18)15-13(16)10-3-4-21(19,20)7-10/h5-6,10H,3-4,7H2,1-2H3,(H,15,16)(H,17,18). The number of aromatic carboxylic acids is 1. The molecule has 1 aromatic rings. The Kier molecular flexibility index (Phi) is 4.04. The molecular weight excluding hydrogens is 294 g/mol. The Morgan fingerprint density at radius 2 is 1.90 bits per heavy atom. The molecule has 1 unspecified atom stereocenters. The van der Waals surface area contributed by atoms with Crippen LogP contribution in [0.25, 0.3) is 0 Å². The van der Waals surface area contributed by atoms with Crippen LogP contribution < -0.4 is 5.32 Å². The van der Waals surface area contributed by atoms with E-state index in [9.17, 15) is 18.0 Å². The molecular formula is C14H17NO5S. The fraction of sp³-hybridized carbons (Fsp3) is 0.429. The van der Waals surface area contributed by atoms with Crippen LogP contribution in [0.5, 0.6) is 0 Å². The Morgan fingerprint density at radius 3 is 2.43 bits per heavy atom. The fourth-order valence-corrected chi connectivity index (χ4v) is 4.20. The molecule has 0 aromatic heterocycles. The first kappa shape index (κ1) is 15.5. The maximum absolute atomic E-state index is 12.1. The average molecular weight is 311 g/mol. The minimum absolute atomic E-state index is 0.0261. The van der Waals surface area contributed by atoms with Gasteiger partial charge in [-0.15, -0.1) is 0 Å². The van der Waals surface area contributed by atoms with Crippen molar-refractivity contribution in [2.75, 3.05) is 16.8 Å². The third-order valence-corrected chi connectivity index (χ3v) is 5.43. The van der Waals surface area contributed by atoms with E-state index in [0.29, 0.717) is 17.7 Å². The van der Waals surface area contributed by atoms with E-state index < -0.39 is 21.7 Å². The second kappa shape index (κ2) is 5.48. The number of hydrogen-bond acceptors (Lipinski definition) is 4. The molecule has 0 spiro atoms. The summed E-state index contributed by atoms with van der Waals surface area (Å²) in [5.41, 5.74) is 1.88. The Morgan fingerprint density at radius 1 is 1.24 bits per heavy atom. The van der Waals surface area contributed by atoms with Gasteiger partial charge in [-0.3, -0.25) is 4.79 Å². The van der Waals surface area contributed by atoms with Gasteiger partial charge < -0.3 is 10.4 Å². The van der Waals surface area contributed by atoms with Crippen molar-refractivity contribution in [2.24, 2.45) is 5.92 Å². The van der Waals surface area contributed by atoms with Gasteiger partial charge in [-0.05, 0) is 37.5 Å². The Bertz CT molecular complexity index is 708. The fourth-order valence-electron chi connectivity index (χ4n) is 2.45. The normalized spacial score (nSPS) is 20.2. The van der Waals surface area contributed by atoms with Crippen LogP contribution in [0.15, 0.2) is 12.1 Å². The number of rotatable bonds is 3. The summed E-state index contributed by atoms with van der Waals surface area (Å²) in [5, 5.41) is 11.7. The van der Waals surface area contributed by atoms with Crippen LogP contribution in [0.4, 0.5) is 5.69 Å². The maximum Gasteiger partial charge on any atom is 0.336 e. The Labute approximate surface area is 123 Å². The molecule has 1 aliphatic rings. The number of carbonyl (C=O) groups excluding carboxylic acids is 1. The molecule has 1 amide bonds. The molecule has 0 radical (unpaired) electrons. The van der Waals surface area contributed by atoms with Crippen LogP contribution in [0, 0.1) is 19.8 Å². The van der Waals surface area contributed by atoms with Gasteiger partial charge >= 0.3 is 5.97 Å². The molecule has 114 valence electrons. The van der Waals surface area contributed by atoms with E-state index in [4.69, 9.17) is 5.11 Å². The van der Waals surface area contributed by atoms with Crippen molar-refractivity contribution in [3.8, 4) is 0 Å². The van der Waals surface area contributed by atoms with E-state index in [1.54, 1.807) is 19.9 Å². The second-order valence-electron chi connectivity index (χ2n) is 5.38. The van der Waals surface area contributed by atoms with Gasteiger partial charge in [0, 0.05) is 5.69 Å². The van der Waals surface area contributed by atoms with Crippen LogP contribution in [0.1, 0.15) is 27.9 Å². The smallest absolute Gasteiger partial charge is 0.336 e. The lowest BCUT2D eigenvalue weighted by Crippen LogP contribution is -2.24. The summed E-state index contributed by atoms with van der Waals surface area (Å²) in [6, 6.07) is 3.10. The van der Waals surface area contributed by atoms with E-state index in [0.717, 1.165) is 5.56 Å². The number of benzene rings is 1. The highest BCUT2D eigenvalue weighted by Crippen LogP contribution is 2.24. The lowest BCUT2D eigenvalue weighted by atomic mass is 10.0. The molecule has 1 aliphatic heterocycles. The zero-order chi connectivity index (χ0) is 15.8. The number of anilines is 1. The minimum atomic E-state index is -3.13. The summed E-state index contributed by atoms with van der Waals surface area (Å²) in [4.78, 5) is 23.2. The summed E-state index contributed by atoms with van der Waals surface area (Å²) >= 11 is 0. The Balaban J connectivity index is 2.22. The van der Waals surface area contributed by atoms with Crippen molar-refractivity contribution in [3.05, 3.63) is 28.8 Å². The Hall–Kier alpha value is -1.89. The van der Waals surface area contributed by atoms with Crippen LogP contribution in [0.3, 0.4) is 0 Å². The molecule has 2 N–H and O–H groups in total. The van der Waals surface area contributed by atoms with Gasteiger partial charge in [0.1, 0.15) is 0 Å². The van der Waals surface area contributed by atoms with Crippen molar-refractivity contribution < 1.29 is 23.1 Å². The van der Waals surface area contributed by atoms with Gasteiger partial charge in [0.2, 0.25) is 5.91 Å². The van der Waals surface area contributed by atoms with Crippen LogP contribution >= 0.6 is 0 Å². The van der Waals surface area contributed by atoms with Gasteiger partial charge in [0.15, 0.2) is 9.84 Å². The van der Waals surface area contributed by atoms with Crippen molar-refractivity contribution in [1.29, 1.82) is 0 Å². The number of carboxylic acids is 1. The molecule has 0 bridgehead atoms. The van der Waals surface area contributed by atoms with E-state index in [-0.39, 0.29) is 23.0 Å². The third kappa shape index (κ3) is 3.41. The monoisotopic (exact) mass is 311 g/mol. The lowest BCUT2D eigenvalue weighted by Gasteiger charge is -2.13. The third-order valence-electron chi connectivity index (χ3n) is 3.66. The quantitative estimate of drug-likeness (QED) is 0.878. The van der Waals surface area contributed by atoms with Crippen LogP contribution in [0.2, 0.25) is 0 Å². The van der Waals surface area contributed by atoms with E-state index >= 15 is 0 Å². The first-order valence-corrected chi connectivity index (χ1v) is 8.37. The van der Waals surface area contributed by atoms with E-state index in [1.807, 2.05) is 0 Å². The highest BCUT2D eigenvalue weighted by molar-refractivity contribution is 7.91. The van der Waals surface area contributed by atoms with Gasteiger partial charge in [-0.1, -0.05) is 6.07 Å². The topological polar surface area (TPSA) is 101 Å². The van der Waals surface area contributed by atoms with E-state index in [2.05, 4.69) is 5.32 Å². The van der Waals surface area contributed by atoms with Gasteiger partial charge in [-0.25, -0.2) is 13.2 Å². The number of sulfone groups is 1. The number of aryl methyl sites for hydroxylation is 2. The molecule has 1 atom stereocenters. The van der Waals surface area contributed by atoms with Gasteiger partial charge in [0.25, 0.3) is 0 Å². The van der Waals surface area contributed by atoms with Gasteiger partial charge in [-0.2, -0.15) is 0 Å². The van der Waals surface area contributed by atoms with Crippen LogP contribution in [-0.4, -0.2) is 36.9 Å². The second-order valence-corrected chi connectivity index (χ2v) is 7.61. The number of amides is 1. The first-order chi connectivity index (χ1) is 9.69. The SMILES string of the molecule is Cc1cc(C)c(C(=O)O)cc1NC(=O)C1CCS(=O)(=O)C1. The average Bonchev–Trinajstić information content (AvgIpc) is 2.72. The molecule has 1 fully saturated rings. The van der Waals surface area contributed by atoms with Gasteiger partial charge in [0.05, 0.1) is 23.0 Å². The summed E-state index contributed by atoms with van der Waals surface area (Å²) < 4.78 is 22.8. The first-order valence-electron chi connectivity index (χ1n) is 6.55. The van der Waals surface area contributed by atoms with E-state index in [1.165, 1.54) is 6.07 Å². The zero-order valence-corrected chi connectivity index (χ0v) is 12.7. The van der Waals surface area contributed by atoms with Crippen molar-refractivity contribution in [2.45, 2.75) is 20.3 Å². The maximum atomic E-state index is 12.1. The van der Waals surface area contributed by atoms with Crippen molar-refractivity contribution in [3.63, 3.8) is 0 Å². The lowest BCUT2D eigenvalue weighted by molar-refractivity contribution is -0.119. The zero-order valence-electron chi connectivity index (χ0n) is 11.8. The predicted octanol–water partition coefficient (Wildman–Crippen LogP) is 1.37.